The molecule has 0 aliphatic carbocycles. The lowest BCUT2D eigenvalue weighted by molar-refractivity contribution is -0.140. The van der Waals surface area contributed by atoms with Crippen LogP contribution in [0.4, 0.5) is 0 Å². The molecule has 0 radical (unpaired) electrons. The van der Waals surface area contributed by atoms with Crippen molar-refractivity contribution in [3.8, 4) is 0 Å². The molecule has 0 saturated heterocycles. The molecule has 0 bridgehead atoms. The quantitative estimate of drug-likeness (QED) is 0.589. The van der Waals surface area contributed by atoms with E-state index in [9.17, 15) is 9.59 Å². The van der Waals surface area contributed by atoms with Crippen LogP contribution in [-0.2, 0) is 14.3 Å². The fraction of sp³-hybridized carbons (Fsp3) is 0.800. The van der Waals surface area contributed by atoms with E-state index in [4.69, 9.17) is 5.73 Å². The van der Waals surface area contributed by atoms with Crippen molar-refractivity contribution in [1.82, 2.24) is 5.32 Å². The molecule has 0 aromatic heterocycles. The Morgan fingerprint density at radius 2 is 2.13 bits per heavy atom. The zero-order valence-corrected chi connectivity index (χ0v) is 9.41. The second-order valence-electron chi connectivity index (χ2n) is 3.34. The van der Waals surface area contributed by atoms with Crippen LogP contribution < -0.4 is 11.1 Å². The predicted octanol–water partition coefficient (Wildman–Crippen LogP) is 0.0407. The number of esters is 1. The molecular weight excluding hydrogens is 196 g/mol. The number of nitrogens with two attached hydrogens (primary N) is 1. The summed E-state index contributed by atoms with van der Waals surface area (Å²) in [5.41, 5.74) is 5.46. The minimum Gasteiger partial charge on any atom is -0.469 e. The van der Waals surface area contributed by atoms with Gasteiger partial charge in [0.15, 0.2) is 0 Å². The molecule has 0 rings (SSSR count). The largest absolute Gasteiger partial charge is 0.469 e. The van der Waals surface area contributed by atoms with Crippen molar-refractivity contribution >= 4 is 11.9 Å². The molecule has 0 fully saturated rings. The molecule has 3 N–H and O–H groups in total. The van der Waals surface area contributed by atoms with Gasteiger partial charge in [0.05, 0.1) is 19.4 Å². The molecule has 0 aromatic rings. The van der Waals surface area contributed by atoms with Crippen LogP contribution in [0.1, 0.15) is 26.2 Å². The van der Waals surface area contributed by atoms with Crippen molar-refractivity contribution in [2.75, 3.05) is 20.2 Å². The number of methoxy groups -OCH3 is 1. The summed E-state index contributed by atoms with van der Waals surface area (Å²) in [5, 5.41) is 2.66. The van der Waals surface area contributed by atoms with E-state index in [1.165, 1.54) is 7.11 Å². The normalized spacial score (nSPS) is 11.9. The Balaban J connectivity index is 3.75. The zero-order chi connectivity index (χ0) is 11.7. The van der Waals surface area contributed by atoms with Gasteiger partial charge in [0.1, 0.15) is 0 Å². The third-order valence-corrected chi connectivity index (χ3v) is 2.15. The molecular formula is C10H20N2O3. The van der Waals surface area contributed by atoms with Gasteiger partial charge in [-0.05, 0) is 6.42 Å². The van der Waals surface area contributed by atoms with Gasteiger partial charge in [0.2, 0.25) is 5.91 Å². The van der Waals surface area contributed by atoms with Crippen LogP contribution in [0.3, 0.4) is 0 Å². The van der Waals surface area contributed by atoms with Crippen LogP contribution in [0.15, 0.2) is 0 Å². The van der Waals surface area contributed by atoms with E-state index in [1.807, 2.05) is 6.92 Å². The first kappa shape index (κ1) is 13.9. The SMILES string of the molecule is CCCC(CN)C(=O)NCCC(=O)OC. The summed E-state index contributed by atoms with van der Waals surface area (Å²) in [6.45, 7) is 2.66. The van der Waals surface area contributed by atoms with Crippen molar-refractivity contribution in [2.24, 2.45) is 11.7 Å². The van der Waals surface area contributed by atoms with E-state index in [0.29, 0.717) is 13.1 Å². The van der Waals surface area contributed by atoms with Crippen LogP contribution in [0.25, 0.3) is 0 Å². The summed E-state index contributed by atoms with van der Waals surface area (Å²) in [5.74, 6) is -0.550. The Labute approximate surface area is 90.4 Å². The van der Waals surface area contributed by atoms with Crippen LogP contribution >= 0.6 is 0 Å². The van der Waals surface area contributed by atoms with Gasteiger partial charge in [-0.2, -0.15) is 0 Å². The average Bonchev–Trinajstić information content (AvgIpc) is 2.25. The fourth-order valence-corrected chi connectivity index (χ4v) is 1.24. The molecule has 0 saturated carbocycles. The second kappa shape index (κ2) is 8.23. The Bertz CT molecular complexity index is 207. The first-order chi connectivity index (χ1) is 7.15. The van der Waals surface area contributed by atoms with E-state index < -0.39 is 0 Å². The third-order valence-electron chi connectivity index (χ3n) is 2.15. The molecule has 1 unspecified atom stereocenters. The van der Waals surface area contributed by atoms with E-state index in [-0.39, 0.29) is 24.2 Å². The van der Waals surface area contributed by atoms with Gasteiger partial charge in [-0.25, -0.2) is 0 Å². The molecule has 0 spiro atoms. The van der Waals surface area contributed by atoms with Crippen LogP contribution in [0, 0.1) is 5.92 Å². The zero-order valence-electron chi connectivity index (χ0n) is 9.41. The highest BCUT2D eigenvalue weighted by Gasteiger charge is 2.15. The van der Waals surface area contributed by atoms with Crippen molar-refractivity contribution in [1.29, 1.82) is 0 Å². The first-order valence-corrected chi connectivity index (χ1v) is 5.20. The minimum atomic E-state index is -0.324. The van der Waals surface area contributed by atoms with Gasteiger partial charge in [-0.15, -0.1) is 0 Å². The van der Waals surface area contributed by atoms with Gasteiger partial charge in [-0.1, -0.05) is 13.3 Å². The molecule has 0 aromatic carbocycles. The lowest BCUT2D eigenvalue weighted by atomic mass is 10.0. The van der Waals surface area contributed by atoms with E-state index in [1.54, 1.807) is 0 Å². The maximum Gasteiger partial charge on any atom is 0.307 e. The first-order valence-electron chi connectivity index (χ1n) is 5.20. The van der Waals surface area contributed by atoms with Crippen molar-refractivity contribution in [2.45, 2.75) is 26.2 Å². The monoisotopic (exact) mass is 216 g/mol. The number of amides is 1. The average molecular weight is 216 g/mol. The minimum absolute atomic E-state index is 0.0803. The number of hydrogen-bond acceptors (Lipinski definition) is 4. The highest BCUT2D eigenvalue weighted by molar-refractivity contribution is 5.79. The Hall–Kier alpha value is -1.10. The van der Waals surface area contributed by atoms with Crippen LogP contribution in [-0.4, -0.2) is 32.1 Å². The number of nitrogens with one attached hydrogen (secondary N) is 1. The molecule has 0 heterocycles. The molecule has 0 aliphatic rings. The third kappa shape index (κ3) is 6.06. The summed E-state index contributed by atoms with van der Waals surface area (Å²) >= 11 is 0. The van der Waals surface area contributed by atoms with Crippen molar-refractivity contribution in [3.05, 3.63) is 0 Å². The predicted molar refractivity (Wildman–Crippen MR) is 57.1 cm³/mol. The van der Waals surface area contributed by atoms with Gasteiger partial charge in [0.25, 0.3) is 0 Å². The summed E-state index contributed by atoms with van der Waals surface area (Å²) in [6, 6.07) is 0. The smallest absolute Gasteiger partial charge is 0.307 e. The van der Waals surface area contributed by atoms with Gasteiger partial charge in [-0.3, -0.25) is 9.59 Å². The topological polar surface area (TPSA) is 81.4 Å². The highest BCUT2D eigenvalue weighted by Crippen LogP contribution is 2.03. The number of hydrogen-bond donors (Lipinski definition) is 2. The highest BCUT2D eigenvalue weighted by atomic mass is 16.5. The maximum absolute atomic E-state index is 11.5. The molecule has 5 nitrogen and oxygen atoms in total. The van der Waals surface area contributed by atoms with Crippen LogP contribution in [0.5, 0.6) is 0 Å². The number of carbonyl (C=O) groups is 2. The summed E-state index contributed by atoms with van der Waals surface area (Å²) < 4.78 is 4.45. The van der Waals surface area contributed by atoms with E-state index >= 15 is 0 Å². The van der Waals surface area contributed by atoms with E-state index in [2.05, 4.69) is 10.1 Å². The summed E-state index contributed by atoms with van der Waals surface area (Å²) in [6.07, 6.45) is 1.90. The van der Waals surface area contributed by atoms with Crippen molar-refractivity contribution in [3.63, 3.8) is 0 Å². The number of carbonyl (C=O) groups excluding carboxylic acids is 2. The van der Waals surface area contributed by atoms with Gasteiger partial charge in [0, 0.05) is 13.1 Å². The molecule has 1 atom stereocenters. The van der Waals surface area contributed by atoms with Gasteiger partial charge >= 0.3 is 5.97 Å². The second-order valence-corrected chi connectivity index (χ2v) is 3.34. The Morgan fingerprint density at radius 1 is 1.47 bits per heavy atom. The Kier molecular flexibility index (Phi) is 7.62. The molecule has 0 aliphatic heterocycles. The maximum atomic E-state index is 11.5. The number of rotatable bonds is 7. The lowest BCUT2D eigenvalue weighted by Gasteiger charge is -2.13. The Morgan fingerprint density at radius 3 is 2.60 bits per heavy atom. The van der Waals surface area contributed by atoms with Crippen molar-refractivity contribution < 1.29 is 14.3 Å². The number of ether oxygens (including phenoxy) is 1. The lowest BCUT2D eigenvalue weighted by Crippen LogP contribution is -2.36. The van der Waals surface area contributed by atoms with Gasteiger partial charge < -0.3 is 15.8 Å². The molecule has 5 heteroatoms. The molecule has 15 heavy (non-hydrogen) atoms. The van der Waals surface area contributed by atoms with E-state index in [0.717, 1.165) is 12.8 Å². The standard InChI is InChI=1S/C10H20N2O3/c1-3-4-8(7-11)10(14)12-6-5-9(13)15-2/h8H,3-7,11H2,1-2H3,(H,12,14). The summed E-state index contributed by atoms with van der Waals surface area (Å²) in [4.78, 5) is 22.3. The molecule has 88 valence electrons. The van der Waals surface area contributed by atoms with Crippen LogP contribution in [0.2, 0.25) is 0 Å². The summed E-state index contributed by atoms with van der Waals surface area (Å²) in [7, 11) is 1.32. The fourth-order valence-electron chi connectivity index (χ4n) is 1.24. The molecule has 1 amide bonds.